The number of carboxylic acid groups (broad SMARTS) is 1. The molecule has 0 fully saturated rings. The summed E-state index contributed by atoms with van der Waals surface area (Å²) in [4.78, 5) is 10.8. The standard InChI is InChI=1S/C16H16NO4S/c18-16(19)11-12-17(13-14-7-3-1-4-8-14)22(20,21)15-9-5-2-6-10-15/h1-9H,11-13H2,(H,18,19). The Balaban J connectivity index is 2.29. The predicted octanol–water partition coefficient (Wildman–Crippen LogP) is 2.15. The number of rotatable bonds is 7. The van der Waals surface area contributed by atoms with E-state index in [0.29, 0.717) is 0 Å². The fraction of sp³-hybridized carbons (Fsp3) is 0.188. The number of hydrogen-bond acceptors (Lipinski definition) is 3. The Bertz CT molecular complexity index is 714. The molecule has 0 aliphatic carbocycles. The third kappa shape index (κ3) is 4.16. The number of benzene rings is 2. The van der Waals surface area contributed by atoms with Gasteiger partial charge in [0.2, 0.25) is 10.0 Å². The number of hydrogen-bond donors (Lipinski definition) is 1. The maximum atomic E-state index is 12.7. The fourth-order valence-corrected chi connectivity index (χ4v) is 3.36. The average Bonchev–Trinajstić information content (AvgIpc) is 2.53. The zero-order valence-corrected chi connectivity index (χ0v) is 12.7. The Morgan fingerprint density at radius 2 is 1.77 bits per heavy atom. The molecule has 0 amide bonds. The van der Waals surface area contributed by atoms with Crippen molar-refractivity contribution in [2.24, 2.45) is 0 Å². The highest BCUT2D eigenvalue weighted by Gasteiger charge is 2.25. The first-order valence-electron chi connectivity index (χ1n) is 6.73. The smallest absolute Gasteiger partial charge is 0.304 e. The molecule has 0 aliphatic rings. The van der Waals surface area contributed by atoms with Crippen LogP contribution in [-0.2, 0) is 21.4 Å². The molecule has 22 heavy (non-hydrogen) atoms. The number of carboxylic acids is 1. The van der Waals surface area contributed by atoms with Crippen LogP contribution in [0.4, 0.5) is 0 Å². The lowest BCUT2D eigenvalue weighted by molar-refractivity contribution is -0.137. The highest BCUT2D eigenvalue weighted by atomic mass is 32.2. The molecule has 0 bridgehead atoms. The molecule has 0 aromatic heterocycles. The van der Waals surface area contributed by atoms with Crippen LogP contribution < -0.4 is 0 Å². The third-order valence-corrected chi connectivity index (χ3v) is 4.88. The van der Waals surface area contributed by atoms with Crippen molar-refractivity contribution in [3.63, 3.8) is 0 Å². The van der Waals surface area contributed by atoms with Crippen LogP contribution in [0.3, 0.4) is 0 Å². The first-order valence-corrected chi connectivity index (χ1v) is 8.17. The van der Waals surface area contributed by atoms with Crippen molar-refractivity contribution >= 4 is 16.0 Å². The average molecular weight is 318 g/mol. The van der Waals surface area contributed by atoms with Crippen molar-refractivity contribution in [3.05, 3.63) is 66.2 Å². The second-order valence-electron chi connectivity index (χ2n) is 4.69. The van der Waals surface area contributed by atoms with Gasteiger partial charge in [-0.25, -0.2) is 8.42 Å². The van der Waals surface area contributed by atoms with Crippen LogP contribution in [0.5, 0.6) is 0 Å². The summed E-state index contributed by atoms with van der Waals surface area (Å²) in [5, 5.41) is 8.84. The van der Waals surface area contributed by atoms with Gasteiger partial charge >= 0.3 is 5.97 Å². The minimum Gasteiger partial charge on any atom is -0.481 e. The SMILES string of the molecule is O=C(O)CCN(Cc1ccccc1)S(=O)(=O)c1[c]cccc1. The van der Waals surface area contributed by atoms with Gasteiger partial charge in [0.15, 0.2) is 0 Å². The quantitative estimate of drug-likeness (QED) is 0.849. The lowest BCUT2D eigenvalue weighted by Gasteiger charge is -2.21. The van der Waals surface area contributed by atoms with Crippen molar-refractivity contribution in [2.45, 2.75) is 17.9 Å². The van der Waals surface area contributed by atoms with E-state index in [9.17, 15) is 13.2 Å². The molecule has 0 aliphatic heterocycles. The van der Waals surface area contributed by atoms with Gasteiger partial charge in [0.25, 0.3) is 0 Å². The predicted molar refractivity (Wildman–Crippen MR) is 81.6 cm³/mol. The van der Waals surface area contributed by atoms with Gasteiger partial charge in [-0.2, -0.15) is 4.31 Å². The van der Waals surface area contributed by atoms with Gasteiger partial charge < -0.3 is 5.11 Å². The van der Waals surface area contributed by atoms with Crippen molar-refractivity contribution in [1.82, 2.24) is 4.31 Å². The molecule has 0 spiro atoms. The van der Waals surface area contributed by atoms with Gasteiger partial charge in [-0.05, 0) is 11.6 Å². The largest absolute Gasteiger partial charge is 0.481 e. The molecular formula is C16H16NO4S. The highest BCUT2D eigenvalue weighted by Crippen LogP contribution is 2.18. The Morgan fingerprint density at radius 1 is 1.09 bits per heavy atom. The second-order valence-corrected chi connectivity index (χ2v) is 6.60. The second kappa shape index (κ2) is 7.20. The van der Waals surface area contributed by atoms with Gasteiger partial charge in [-0.15, -0.1) is 0 Å². The number of aliphatic carboxylic acids is 1. The Labute approximate surface area is 129 Å². The summed E-state index contributed by atoms with van der Waals surface area (Å²) in [5.41, 5.74) is 0.799. The maximum Gasteiger partial charge on any atom is 0.304 e. The molecule has 0 saturated heterocycles. The molecule has 2 rings (SSSR count). The zero-order chi connectivity index (χ0) is 16.0. The van der Waals surface area contributed by atoms with Crippen LogP contribution >= 0.6 is 0 Å². The molecule has 115 valence electrons. The zero-order valence-electron chi connectivity index (χ0n) is 11.8. The minimum absolute atomic E-state index is 0.0383. The Hall–Kier alpha value is -2.18. The van der Waals surface area contributed by atoms with Crippen LogP contribution in [0.1, 0.15) is 12.0 Å². The van der Waals surface area contributed by atoms with Crippen molar-refractivity contribution in [3.8, 4) is 0 Å². The molecular weight excluding hydrogens is 302 g/mol. The van der Waals surface area contributed by atoms with E-state index in [-0.39, 0.29) is 24.4 Å². The van der Waals surface area contributed by atoms with Crippen molar-refractivity contribution < 1.29 is 18.3 Å². The first kappa shape index (κ1) is 16.2. The van der Waals surface area contributed by atoms with E-state index in [1.54, 1.807) is 24.3 Å². The Kier molecular flexibility index (Phi) is 5.30. The van der Waals surface area contributed by atoms with E-state index in [1.165, 1.54) is 16.4 Å². The van der Waals surface area contributed by atoms with Gasteiger partial charge in [0, 0.05) is 19.2 Å². The minimum atomic E-state index is -3.78. The van der Waals surface area contributed by atoms with E-state index in [4.69, 9.17) is 5.11 Å². The lowest BCUT2D eigenvalue weighted by Crippen LogP contribution is -2.32. The summed E-state index contributed by atoms with van der Waals surface area (Å²) in [5.74, 6) is -1.04. The van der Waals surface area contributed by atoms with E-state index >= 15 is 0 Å². The first-order chi connectivity index (χ1) is 10.5. The maximum absolute atomic E-state index is 12.7. The molecule has 0 atom stereocenters. The topological polar surface area (TPSA) is 74.7 Å². The lowest BCUT2D eigenvalue weighted by atomic mass is 10.2. The summed E-state index contributed by atoms with van der Waals surface area (Å²) in [7, 11) is -3.78. The molecule has 2 aromatic rings. The molecule has 0 saturated carbocycles. The number of carbonyl (C=O) groups is 1. The fourth-order valence-electron chi connectivity index (χ4n) is 1.97. The normalized spacial score (nSPS) is 11.5. The number of sulfonamides is 1. The van der Waals surface area contributed by atoms with Crippen LogP contribution in [-0.4, -0.2) is 30.3 Å². The van der Waals surface area contributed by atoms with Crippen LogP contribution in [0, 0.1) is 6.07 Å². The van der Waals surface area contributed by atoms with E-state index in [2.05, 4.69) is 6.07 Å². The van der Waals surface area contributed by atoms with Crippen molar-refractivity contribution in [2.75, 3.05) is 6.54 Å². The van der Waals surface area contributed by atoms with Crippen LogP contribution in [0.15, 0.2) is 59.5 Å². The van der Waals surface area contributed by atoms with Gasteiger partial charge in [-0.3, -0.25) is 4.79 Å². The number of nitrogens with zero attached hydrogens (tertiary/aromatic N) is 1. The summed E-state index contributed by atoms with van der Waals surface area (Å²) in [6.07, 6.45) is -0.251. The summed E-state index contributed by atoms with van der Waals surface area (Å²) in [6.45, 7) is 0.0362. The molecule has 1 N–H and O–H groups in total. The summed E-state index contributed by atoms with van der Waals surface area (Å²) < 4.78 is 26.5. The van der Waals surface area contributed by atoms with Gasteiger partial charge in [0.05, 0.1) is 11.3 Å². The monoisotopic (exact) mass is 318 g/mol. The highest BCUT2D eigenvalue weighted by molar-refractivity contribution is 7.89. The summed E-state index contributed by atoms with van der Waals surface area (Å²) >= 11 is 0. The van der Waals surface area contributed by atoms with Crippen LogP contribution in [0.2, 0.25) is 0 Å². The third-order valence-electron chi connectivity index (χ3n) is 3.08. The summed E-state index contributed by atoms with van der Waals surface area (Å²) in [6, 6.07) is 18.0. The Morgan fingerprint density at radius 3 is 2.36 bits per heavy atom. The van der Waals surface area contributed by atoms with E-state index in [0.717, 1.165) is 5.56 Å². The van der Waals surface area contributed by atoms with E-state index in [1.807, 2.05) is 18.2 Å². The molecule has 6 heteroatoms. The van der Waals surface area contributed by atoms with Gasteiger partial charge in [0.1, 0.15) is 0 Å². The van der Waals surface area contributed by atoms with E-state index < -0.39 is 16.0 Å². The molecule has 0 unspecified atom stereocenters. The van der Waals surface area contributed by atoms with Crippen molar-refractivity contribution in [1.29, 1.82) is 0 Å². The molecule has 5 nitrogen and oxygen atoms in total. The molecule has 1 radical (unpaired) electrons. The molecule has 2 aromatic carbocycles. The van der Waals surface area contributed by atoms with Gasteiger partial charge in [-0.1, -0.05) is 48.5 Å². The van der Waals surface area contributed by atoms with Crippen LogP contribution in [0.25, 0.3) is 0 Å². The molecule has 0 heterocycles.